The zero-order chi connectivity index (χ0) is 20.2. The molecule has 148 valence electrons. The van der Waals surface area contributed by atoms with Crippen molar-refractivity contribution in [3.05, 3.63) is 71.9 Å². The first-order valence-corrected chi connectivity index (χ1v) is 9.55. The first-order valence-electron chi connectivity index (χ1n) is 9.55. The molecule has 2 amide bonds. The van der Waals surface area contributed by atoms with Gasteiger partial charge in [-0.25, -0.2) is 4.68 Å². The van der Waals surface area contributed by atoms with Crippen molar-refractivity contribution in [2.45, 2.75) is 19.9 Å². The Morgan fingerprint density at radius 1 is 1.10 bits per heavy atom. The zero-order valence-corrected chi connectivity index (χ0v) is 16.2. The van der Waals surface area contributed by atoms with Crippen LogP contribution in [0.3, 0.4) is 0 Å². The highest BCUT2D eigenvalue weighted by Crippen LogP contribution is 2.31. The Hall–Kier alpha value is -3.61. The Morgan fingerprint density at radius 2 is 1.86 bits per heavy atom. The van der Waals surface area contributed by atoms with E-state index >= 15 is 0 Å². The monoisotopic (exact) mass is 390 g/mol. The number of hydrogen-bond donors (Lipinski definition) is 1. The third-order valence-electron chi connectivity index (χ3n) is 4.86. The van der Waals surface area contributed by atoms with Crippen molar-refractivity contribution in [1.82, 2.24) is 9.78 Å². The number of benzene rings is 2. The number of carbonyl (C=O) groups excluding carboxylic acids is 2. The average Bonchev–Trinajstić information content (AvgIpc) is 3.17. The SMILES string of the molecule is CCc1ccc(Cn2nccc2NC(=O)CN2C(=O)COc3ccccc32)cc1. The van der Waals surface area contributed by atoms with Crippen LogP contribution in [0.4, 0.5) is 11.5 Å². The van der Waals surface area contributed by atoms with Crippen molar-refractivity contribution in [3.8, 4) is 5.75 Å². The number of aryl methyl sites for hydroxylation is 1. The van der Waals surface area contributed by atoms with Crippen LogP contribution in [0.5, 0.6) is 5.75 Å². The summed E-state index contributed by atoms with van der Waals surface area (Å²) in [5.41, 5.74) is 2.97. The molecule has 0 unspecified atom stereocenters. The van der Waals surface area contributed by atoms with Gasteiger partial charge in [0.2, 0.25) is 5.91 Å². The summed E-state index contributed by atoms with van der Waals surface area (Å²) in [7, 11) is 0. The molecule has 1 aliphatic heterocycles. The molecule has 1 aliphatic rings. The van der Waals surface area contributed by atoms with E-state index in [2.05, 4.69) is 41.6 Å². The normalized spacial score (nSPS) is 13.0. The number of rotatable bonds is 6. The number of fused-ring (bicyclic) bond motifs is 1. The highest BCUT2D eigenvalue weighted by Gasteiger charge is 2.27. The van der Waals surface area contributed by atoms with E-state index in [1.54, 1.807) is 29.1 Å². The van der Waals surface area contributed by atoms with Gasteiger partial charge >= 0.3 is 0 Å². The van der Waals surface area contributed by atoms with E-state index in [0.717, 1.165) is 12.0 Å². The molecular formula is C22H22N4O3. The van der Waals surface area contributed by atoms with Crippen LogP contribution in [0.15, 0.2) is 60.8 Å². The largest absolute Gasteiger partial charge is 0.482 e. The minimum absolute atomic E-state index is 0.0734. The van der Waals surface area contributed by atoms with E-state index in [1.807, 2.05) is 12.1 Å². The molecule has 7 heteroatoms. The van der Waals surface area contributed by atoms with Crippen molar-refractivity contribution < 1.29 is 14.3 Å². The molecule has 2 heterocycles. The molecule has 7 nitrogen and oxygen atoms in total. The molecule has 1 N–H and O–H groups in total. The van der Waals surface area contributed by atoms with Crippen molar-refractivity contribution in [1.29, 1.82) is 0 Å². The van der Waals surface area contributed by atoms with Crippen LogP contribution >= 0.6 is 0 Å². The summed E-state index contributed by atoms with van der Waals surface area (Å²) in [5, 5.41) is 7.17. The molecule has 0 radical (unpaired) electrons. The van der Waals surface area contributed by atoms with Crippen LogP contribution in [0.2, 0.25) is 0 Å². The number of aromatic nitrogens is 2. The maximum absolute atomic E-state index is 12.6. The van der Waals surface area contributed by atoms with E-state index in [1.165, 1.54) is 10.5 Å². The second kappa shape index (κ2) is 8.18. The van der Waals surface area contributed by atoms with Crippen molar-refractivity contribution in [3.63, 3.8) is 0 Å². The lowest BCUT2D eigenvalue weighted by Crippen LogP contribution is -2.43. The van der Waals surface area contributed by atoms with Gasteiger partial charge in [0.1, 0.15) is 18.1 Å². The minimum Gasteiger partial charge on any atom is -0.482 e. The molecule has 3 aromatic rings. The van der Waals surface area contributed by atoms with Crippen LogP contribution in [-0.4, -0.2) is 34.7 Å². The minimum atomic E-state index is -0.293. The predicted octanol–water partition coefficient (Wildman–Crippen LogP) is 2.86. The Bertz CT molecular complexity index is 1030. The van der Waals surface area contributed by atoms with Crippen LogP contribution in [0.1, 0.15) is 18.1 Å². The van der Waals surface area contributed by atoms with Crippen LogP contribution in [-0.2, 0) is 22.6 Å². The second-order valence-electron chi connectivity index (χ2n) is 6.83. The first kappa shape index (κ1) is 18.7. The highest BCUT2D eigenvalue weighted by molar-refractivity contribution is 6.04. The van der Waals surface area contributed by atoms with Gasteiger partial charge in [-0.1, -0.05) is 43.3 Å². The molecule has 0 spiro atoms. The Labute approximate surface area is 168 Å². The van der Waals surface area contributed by atoms with Gasteiger partial charge in [0.25, 0.3) is 5.91 Å². The molecule has 29 heavy (non-hydrogen) atoms. The van der Waals surface area contributed by atoms with E-state index in [9.17, 15) is 9.59 Å². The third kappa shape index (κ3) is 4.13. The molecule has 4 rings (SSSR count). The lowest BCUT2D eigenvalue weighted by atomic mass is 10.1. The number of nitrogens with zero attached hydrogens (tertiary/aromatic N) is 3. The number of ether oxygens (including phenoxy) is 1. The first-order chi connectivity index (χ1) is 14.1. The molecule has 0 saturated carbocycles. The molecule has 1 aromatic heterocycles. The van der Waals surface area contributed by atoms with Gasteiger partial charge in [-0.05, 0) is 29.7 Å². The Kier molecular flexibility index (Phi) is 5.29. The molecule has 2 aromatic carbocycles. The summed E-state index contributed by atoms with van der Waals surface area (Å²) in [6.45, 7) is 2.51. The summed E-state index contributed by atoms with van der Waals surface area (Å²) in [4.78, 5) is 26.3. The third-order valence-corrected chi connectivity index (χ3v) is 4.86. The van der Waals surface area contributed by atoms with Crippen molar-refractivity contribution in [2.75, 3.05) is 23.4 Å². The van der Waals surface area contributed by atoms with E-state index < -0.39 is 0 Å². The highest BCUT2D eigenvalue weighted by atomic mass is 16.5. The smallest absolute Gasteiger partial charge is 0.265 e. The maximum atomic E-state index is 12.6. The summed E-state index contributed by atoms with van der Waals surface area (Å²) < 4.78 is 7.15. The van der Waals surface area contributed by atoms with Crippen LogP contribution in [0.25, 0.3) is 0 Å². The molecule has 0 fully saturated rings. The lowest BCUT2D eigenvalue weighted by Gasteiger charge is -2.28. The Morgan fingerprint density at radius 3 is 2.66 bits per heavy atom. The van der Waals surface area contributed by atoms with Crippen LogP contribution < -0.4 is 15.0 Å². The number of carbonyl (C=O) groups is 2. The predicted molar refractivity (Wildman–Crippen MR) is 110 cm³/mol. The van der Waals surface area contributed by atoms with E-state index in [4.69, 9.17) is 4.74 Å². The summed E-state index contributed by atoms with van der Waals surface area (Å²) in [5.74, 6) is 0.644. The second-order valence-corrected chi connectivity index (χ2v) is 6.83. The van der Waals surface area contributed by atoms with Gasteiger partial charge in [-0.2, -0.15) is 5.10 Å². The molecular weight excluding hydrogens is 368 g/mol. The Balaban J connectivity index is 1.44. The van der Waals surface area contributed by atoms with Gasteiger partial charge in [-0.15, -0.1) is 0 Å². The summed E-state index contributed by atoms with van der Waals surface area (Å²) in [6, 6.07) is 17.3. The van der Waals surface area contributed by atoms with E-state index in [-0.39, 0.29) is 25.0 Å². The van der Waals surface area contributed by atoms with Gasteiger partial charge < -0.3 is 10.1 Å². The summed E-state index contributed by atoms with van der Waals surface area (Å²) >= 11 is 0. The van der Waals surface area contributed by atoms with Gasteiger partial charge in [0, 0.05) is 6.07 Å². The molecule has 0 atom stereocenters. The molecule has 0 saturated heterocycles. The van der Waals surface area contributed by atoms with Gasteiger partial charge in [0.15, 0.2) is 6.61 Å². The lowest BCUT2D eigenvalue weighted by molar-refractivity contribution is -0.123. The topological polar surface area (TPSA) is 76.5 Å². The molecule has 0 bridgehead atoms. The number of para-hydroxylation sites is 2. The standard InChI is InChI=1S/C22H22N4O3/c1-2-16-7-9-17(10-8-16)13-26-20(11-12-23-26)24-21(27)14-25-18-5-3-4-6-19(18)29-15-22(25)28/h3-12H,2,13-15H2,1H3,(H,24,27). The maximum Gasteiger partial charge on any atom is 0.265 e. The quantitative estimate of drug-likeness (QED) is 0.702. The molecule has 0 aliphatic carbocycles. The number of amides is 2. The fourth-order valence-corrected chi connectivity index (χ4v) is 3.27. The number of nitrogens with one attached hydrogen (secondary N) is 1. The van der Waals surface area contributed by atoms with Crippen molar-refractivity contribution in [2.24, 2.45) is 0 Å². The van der Waals surface area contributed by atoms with Crippen LogP contribution in [0, 0.1) is 0 Å². The van der Waals surface area contributed by atoms with E-state index in [0.29, 0.717) is 23.8 Å². The zero-order valence-electron chi connectivity index (χ0n) is 16.2. The van der Waals surface area contributed by atoms with Gasteiger partial charge in [0.05, 0.1) is 18.4 Å². The fraction of sp³-hybridized carbons (Fsp3) is 0.227. The number of hydrogen-bond acceptors (Lipinski definition) is 4. The number of anilines is 2. The average molecular weight is 390 g/mol. The summed E-state index contributed by atoms with van der Waals surface area (Å²) in [6.07, 6.45) is 2.64. The van der Waals surface area contributed by atoms with Gasteiger partial charge in [-0.3, -0.25) is 14.5 Å². The van der Waals surface area contributed by atoms with Crippen molar-refractivity contribution >= 4 is 23.3 Å². The fourth-order valence-electron chi connectivity index (χ4n) is 3.27.